The van der Waals surface area contributed by atoms with E-state index in [1.54, 1.807) is 0 Å². The van der Waals surface area contributed by atoms with Crippen molar-refractivity contribution in [3.05, 3.63) is 0 Å². The zero-order chi connectivity index (χ0) is 5.11. The second kappa shape index (κ2) is 2.95. The normalized spacial score (nSPS) is 22.6. The van der Waals surface area contributed by atoms with Gasteiger partial charge in [0.05, 0.1) is 4.20 Å². The van der Waals surface area contributed by atoms with Crippen LogP contribution in [0.2, 0.25) is 0 Å². The third kappa shape index (κ3) is 2.02. The summed E-state index contributed by atoms with van der Waals surface area (Å²) in [7, 11) is 0. The van der Waals surface area contributed by atoms with Crippen LogP contribution in [0, 0.1) is 0 Å². The quantitative estimate of drug-likeness (QED) is 0.483. The molecule has 0 radical (unpaired) electrons. The molecule has 0 aliphatic carbocycles. The van der Waals surface area contributed by atoms with Crippen molar-refractivity contribution < 1.29 is 0 Å². The Bertz CT molecular complexity index is 71.0. The van der Waals surface area contributed by atoms with Gasteiger partial charge in [-0.2, -0.15) is 11.8 Å². The molecular formula is C4H6S3. The van der Waals surface area contributed by atoms with Crippen LogP contribution < -0.4 is 0 Å². The fraction of sp³-hybridized carbons (Fsp3) is 0.750. The molecule has 0 spiro atoms. The summed E-state index contributed by atoms with van der Waals surface area (Å²) in [6.45, 7) is 0. The summed E-state index contributed by atoms with van der Waals surface area (Å²) in [4.78, 5) is 0. The van der Waals surface area contributed by atoms with Crippen LogP contribution in [0.25, 0.3) is 0 Å². The van der Waals surface area contributed by atoms with Crippen LogP contribution in [-0.4, -0.2) is 21.5 Å². The summed E-state index contributed by atoms with van der Waals surface area (Å²) in [5, 5.41) is 0. The fourth-order valence-electron chi connectivity index (χ4n) is 0.412. The second-order valence-electron chi connectivity index (χ2n) is 1.27. The highest BCUT2D eigenvalue weighted by molar-refractivity contribution is 8.26. The molecule has 1 aliphatic heterocycles. The zero-order valence-electron chi connectivity index (χ0n) is 3.85. The first-order valence-electron chi connectivity index (χ1n) is 2.13. The summed E-state index contributed by atoms with van der Waals surface area (Å²) in [5.41, 5.74) is 0. The first kappa shape index (κ1) is 5.92. The van der Waals surface area contributed by atoms with Gasteiger partial charge < -0.3 is 0 Å². The first-order chi connectivity index (χ1) is 3.39. The topological polar surface area (TPSA) is 0 Å². The summed E-state index contributed by atoms with van der Waals surface area (Å²) in [6.07, 6.45) is 0. The van der Waals surface area contributed by atoms with E-state index in [4.69, 9.17) is 12.2 Å². The van der Waals surface area contributed by atoms with E-state index in [2.05, 4.69) is 0 Å². The monoisotopic (exact) mass is 150 g/mol. The molecule has 1 heterocycles. The largest absolute Gasteiger partial charge is 0.155 e. The van der Waals surface area contributed by atoms with Gasteiger partial charge in [-0.05, 0) is 0 Å². The predicted molar refractivity (Wildman–Crippen MR) is 42.4 cm³/mol. The van der Waals surface area contributed by atoms with Crippen molar-refractivity contribution in [3.63, 3.8) is 0 Å². The van der Waals surface area contributed by atoms with Gasteiger partial charge in [0.2, 0.25) is 0 Å². The number of hydrogen-bond donors (Lipinski definition) is 0. The molecule has 0 N–H and O–H groups in total. The molecule has 1 aliphatic rings. The molecule has 0 unspecified atom stereocenters. The van der Waals surface area contributed by atoms with E-state index < -0.39 is 0 Å². The van der Waals surface area contributed by atoms with Crippen LogP contribution in [0.4, 0.5) is 0 Å². The van der Waals surface area contributed by atoms with Crippen molar-refractivity contribution in [1.29, 1.82) is 0 Å². The molecule has 40 valence electrons. The van der Waals surface area contributed by atoms with Gasteiger partial charge in [0, 0.05) is 17.3 Å². The minimum Gasteiger partial charge on any atom is -0.155 e. The minimum absolute atomic E-state index is 1.10. The van der Waals surface area contributed by atoms with E-state index in [0.717, 1.165) is 5.75 Å². The van der Waals surface area contributed by atoms with Gasteiger partial charge in [-0.15, -0.1) is 11.8 Å². The molecule has 1 fully saturated rings. The van der Waals surface area contributed by atoms with Gasteiger partial charge in [0.25, 0.3) is 0 Å². The van der Waals surface area contributed by atoms with Gasteiger partial charge in [-0.1, -0.05) is 12.2 Å². The standard InChI is InChI=1S/C4H6S3/c5-4-3-6-1-2-7-4/h1-3H2. The summed E-state index contributed by atoms with van der Waals surface area (Å²) in [5.74, 6) is 3.61. The zero-order valence-corrected chi connectivity index (χ0v) is 6.30. The molecule has 1 rings (SSSR count). The highest BCUT2D eigenvalue weighted by Gasteiger charge is 2.03. The lowest BCUT2D eigenvalue weighted by atomic mass is 10.9. The number of hydrogen-bond acceptors (Lipinski definition) is 3. The Kier molecular flexibility index (Phi) is 2.49. The summed E-state index contributed by atoms with van der Waals surface area (Å²) in [6, 6.07) is 0. The van der Waals surface area contributed by atoms with Crippen LogP contribution in [0.3, 0.4) is 0 Å². The lowest BCUT2D eigenvalue weighted by Crippen LogP contribution is -2.03. The maximum absolute atomic E-state index is 4.95. The first-order valence-corrected chi connectivity index (χ1v) is 4.68. The number of thiocarbonyl (C=S) groups is 1. The highest BCUT2D eigenvalue weighted by Crippen LogP contribution is 2.18. The van der Waals surface area contributed by atoms with Crippen molar-refractivity contribution in [2.24, 2.45) is 0 Å². The van der Waals surface area contributed by atoms with Crippen LogP contribution in [0.5, 0.6) is 0 Å². The van der Waals surface area contributed by atoms with E-state index in [1.165, 1.54) is 15.7 Å². The average Bonchev–Trinajstić information content (AvgIpc) is 1.69. The molecule has 0 aromatic rings. The van der Waals surface area contributed by atoms with E-state index in [0.29, 0.717) is 0 Å². The van der Waals surface area contributed by atoms with E-state index in [1.807, 2.05) is 23.5 Å². The molecule has 0 nitrogen and oxygen atoms in total. The van der Waals surface area contributed by atoms with Gasteiger partial charge in [0.1, 0.15) is 0 Å². The van der Waals surface area contributed by atoms with Gasteiger partial charge in [-0.25, -0.2) is 0 Å². The smallest absolute Gasteiger partial charge is 0.0578 e. The Labute approximate surface area is 57.4 Å². The third-order valence-corrected chi connectivity index (χ3v) is 3.69. The van der Waals surface area contributed by atoms with E-state index in [9.17, 15) is 0 Å². The van der Waals surface area contributed by atoms with Crippen molar-refractivity contribution in [2.75, 3.05) is 17.3 Å². The van der Waals surface area contributed by atoms with Gasteiger partial charge in [0.15, 0.2) is 0 Å². The van der Waals surface area contributed by atoms with Crippen LogP contribution >= 0.6 is 35.7 Å². The Morgan fingerprint density at radius 1 is 1.43 bits per heavy atom. The fourth-order valence-corrected chi connectivity index (χ4v) is 2.84. The Morgan fingerprint density at radius 3 is 2.57 bits per heavy atom. The maximum atomic E-state index is 4.95. The van der Waals surface area contributed by atoms with Gasteiger partial charge in [-0.3, -0.25) is 0 Å². The third-order valence-electron chi connectivity index (χ3n) is 0.711. The SMILES string of the molecule is S=C1CSCCS1. The lowest BCUT2D eigenvalue weighted by molar-refractivity contribution is 1.55. The molecular weight excluding hydrogens is 144 g/mol. The number of thioether (sulfide) groups is 2. The Morgan fingerprint density at radius 2 is 2.29 bits per heavy atom. The van der Waals surface area contributed by atoms with Crippen molar-refractivity contribution in [1.82, 2.24) is 0 Å². The molecule has 0 aromatic heterocycles. The molecule has 0 bridgehead atoms. The predicted octanol–water partition coefficient (Wildman–Crippen LogP) is 1.79. The highest BCUT2D eigenvalue weighted by atomic mass is 32.2. The molecule has 0 amide bonds. The Hall–Kier alpha value is 0.790. The van der Waals surface area contributed by atoms with Crippen LogP contribution in [0.1, 0.15) is 0 Å². The summed E-state index contributed by atoms with van der Waals surface area (Å²) < 4.78 is 1.18. The van der Waals surface area contributed by atoms with Crippen molar-refractivity contribution in [3.8, 4) is 0 Å². The van der Waals surface area contributed by atoms with E-state index in [-0.39, 0.29) is 0 Å². The van der Waals surface area contributed by atoms with Crippen molar-refractivity contribution in [2.45, 2.75) is 0 Å². The molecule has 3 heteroatoms. The van der Waals surface area contributed by atoms with Gasteiger partial charge >= 0.3 is 0 Å². The lowest BCUT2D eigenvalue weighted by Gasteiger charge is -2.07. The average molecular weight is 150 g/mol. The molecule has 0 saturated carbocycles. The Balaban J connectivity index is 2.25. The molecule has 1 saturated heterocycles. The minimum atomic E-state index is 1.10. The number of rotatable bonds is 0. The van der Waals surface area contributed by atoms with E-state index >= 15 is 0 Å². The van der Waals surface area contributed by atoms with Crippen LogP contribution in [-0.2, 0) is 0 Å². The van der Waals surface area contributed by atoms with Crippen LogP contribution in [0.15, 0.2) is 0 Å². The molecule has 0 atom stereocenters. The maximum Gasteiger partial charge on any atom is 0.0578 e. The summed E-state index contributed by atoms with van der Waals surface area (Å²) >= 11 is 8.72. The molecule has 0 aromatic carbocycles. The molecule has 7 heavy (non-hydrogen) atoms. The van der Waals surface area contributed by atoms with Crippen molar-refractivity contribution >= 4 is 39.9 Å². The second-order valence-corrected chi connectivity index (χ2v) is 4.32.